The van der Waals surface area contributed by atoms with Crippen molar-refractivity contribution in [2.24, 2.45) is 16.6 Å². The van der Waals surface area contributed by atoms with Crippen molar-refractivity contribution in [3.63, 3.8) is 0 Å². The zero-order chi connectivity index (χ0) is 52.3. The number of carbonyl (C=O) groups excluding carboxylic acids is 5. The van der Waals surface area contributed by atoms with Crippen molar-refractivity contribution in [2.75, 3.05) is 21.3 Å². The minimum atomic E-state index is -1.16. The highest BCUT2D eigenvalue weighted by molar-refractivity contribution is 6.18. The molecule has 2 aliphatic carbocycles. The molecule has 0 bridgehead atoms. The van der Waals surface area contributed by atoms with Crippen LogP contribution in [0.25, 0.3) is 21.8 Å². The lowest BCUT2D eigenvalue weighted by Gasteiger charge is -2.16. The number of nitrogens with two attached hydrogens (primary N) is 1. The molecule has 2 fully saturated rings. The molecule has 10 rings (SSSR count). The highest BCUT2D eigenvalue weighted by Gasteiger charge is 2.57. The van der Waals surface area contributed by atoms with Gasteiger partial charge in [-0.2, -0.15) is 0 Å². The smallest absolute Gasteiger partial charge is 0.336 e. The molecule has 8 aromatic rings. The minimum Gasteiger partial charge on any atom is -0.478 e. The van der Waals surface area contributed by atoms with Crippen molar-refractivity contribution in [2.45, 2.75) is 39.5 Å². The van der Waals surface area contributed by atoms with Crippen LogP contribution in [0.5, 0.6) is 23.0 Å². The van der Waals surface area contributed by atoms with E-state index in [1.807, 2.05) is 0 Å². The van der Waals surface area contributed by atoms with Crippen LogP contribution in [0.4, 0.5) is 31.5 Å². The number of amides is 5. The standard InChI is InChI=1S/C28H23FN4O4.C28H22FN3O5/c1-16-14-22-23(15-21(16)25(30)34)31-13-10-24(22)37-20-8-6-19(7-9-20)33-27(36)28(11-12-28)26(35)32-18-4-2-17(29)3-5-18;1-16-14-22-23(15-21(16)25(33)34)30-13-10-24(22)37-20-8-6-19(7-9-20)32-27(36)28(11-12-28)26(35)31-18-4-2-17(29)3-5-18/h2-10,13-15H,11-12H2,1H3,(H2,30,34)(H,32,35)(H,33,36);2-10,13-15H,11-12H2,1H3,(H,31,35)(H,32,36)(H,33,34). The number of carboxylic acid groups (broad SMARTS) is 1. The number of benzene rings is 6. The molecule has 6 aromatic carbocycles. The number of hydrogen-bond donors (Lipinski definition) is 6. The Morgan fingerprint density at radius 3 is 1.15 bits per heavy atom. The molecule has 2 saturated carbocycles. The first-order chi connectivity index (χ1) is 35.5. The van der Waals surface area contributed by atoms with E-state index in [4.69, 9.17) is 15.2 Å². The number of pyridine rings is 2. The Morgan fingerprint density at radius 2 is 0.824 bits per heavy atom. The van der Waals surface area contributed by atoms with E-state index in [1.54, 1.807) is 105 Å². The fraction of sp³-hybridized carbons (Fsp3) is 0.143. The van der Waals surface area contributed by atoms with E-state index in [0.29, 0.717) is 105 Å². The van der Waals surface area contributed by atoms with Crippen molar-refractivity contribution < 1.29 is 52.1 Å². The van der Waals surface area contributed by atoms with E-state index in [9.17, 15) is 42.7 Å². The fourth-order valence-electron chi connectivity index (χ4n) is 8.13. The first-order valence-corrected chi connectivity index (χ1v) is 23.1. The molecule has 2 aliphatic rings. The quantitative estimate of drug-likeness (QED) is 0.0560. The summed E-state index contributed by atoms with van der Waals surface area (Å²) in [6.07, 6.45) is 4.83. The van der Waals surface area contributed by atoms with Crippen LogP contribution < -0.4 is 36.5 Å². The van der Waals surface area contributed by atoms with Crippen molar-refractivity contribution >= 4 is 80.1 Å². The van der Waals surface area contributed by atoms with Gasteiger partial charge >= 0.3 is 5.97 Å². The Hall–Kier alpha value is -9.58. The maximum absolute atomic E-state index is 13.1. The third-order valence-electron chi connectivity index (χ3n) is 12.7. The second kappa shape index (κ2) is 20.3. The summed E-state index contributed by atoms with van der Waals surface area (Å²) in [5.74, 6) is -1.94. The average molecular weight is 998 g/mol. The van der Waals surface area contributed by atoms with Crippen molar-refractivity contribution in [1.29, 1.82) is 0 Å². The van der Waals surface area contributed by atoms with Crippen LogP contribution in [0.15, 0.2) is 146 Å². The summed E-state index contributed by atoms with van der Waals surface area (Å²) in [5.41, 5.74) is 7.95. The summed E-state index contributed by atoms with van der Waals surface area (Å²) in [6, 6.07) is 34.3. The second-order valence-electron chi connectivity index (χ2n) is 17.9. The van der Waals surface area contributed by atoms with Crippen molar-refractivity contribution in [3.05, 3.63) is 180 Å². The van der Waals surface area contributed by atoms with E-state index >= 15 is 0 Å². The summed E-state index contributed by atoms with van der Waals surface area (Å²) in [5, 5.41) is 21.7. The van der Waals surface area contributed by atoms with E-state index in [0.717, 1.165) is 5.39 Å². The van der Waals surface area contributed by atoms with Gasteiger partial charge in [0.15, 0.2) is 0 Å². The van der Waals surface area contributed by atoms with Gasteiger partial charge in [-0.15, -0.1) is 0 Å². The van der Waals surface area contributed by atoms with Crippen LogP contribution in [-0.4, -0.2) is 50.6 Å². The average Bonchev–Trinajstić information content (AvgIpc) is 4.33. The molecule has 74 heavy (non-hydrogen) atoms. The predicted molar refractivity (Wildman–Crippen MR) is 272 cm³/mol. The third kappa shape index (κ3) is 10.7. The second-order valence-corrected chi connectivity index (χ2v) is 17.9. The van der Waals surface area contributed by atoms with Gasteiger partial charge in [0.25, 0.3) is 0 Å². The highest BCUT2D eigenvalue weighted by atomic mass is 19.1. The predicted octanol–water partition coefficient (Wildman–Crippen LogP) is 10.5. The van der Waals surface area contributed by atoms with Crippen LogP contribution in [0.1, 0.15) is 57.5 Å². The van der Waals surface area contributed by atoms with Gasteiger partial charge in [-0.25, -0.2) is 13.6 Å². The summed E-state index contributed by atoms with van der Waals surface area (Å²) >= 11 is 0. The third-order valence-corrected chi connectivity index (χ3v) is 12.7. The SMILES string of the molecule is Cc1cc2c(Oc3ccc(NC(=O)C4(C(=O)Nc5ccc(F)cc5)CC4)cc3)ccnc2cc1C(=O)O.Cc1cc2c(Oc3ccc(NC(=O)C4(C(=O)Nc5ccc(F)cc5)CC4)cc3)ccnc2cc1C(N)=O. The number of rotatable bonds is 14. The Morgan fingerprint density at radius 1 is 0.500 bits per heavy atom. The number of nitrogens with one attached hydrogen (secondary N) is 4. The normalized spacial score (nSPS) is 13.6. The molecule has 7 N–H and O–H groups in total. The summed E-state index contributed by atoms with van der Waals surface area (Å²) in [7, 11) is 0. The van der Waals surface area contributed by atoms with Gasteiger partial charge in [0.05, 0.1) is 16.6 Å². The van der Waals surface area contributed by atoms with E-state index in [2.05, 4.69) is 31.2 Å². The minimum absolute atomic E-state index is 0.178. The van der Waals surface area contributed by atoms with Crippen LogP contribution in [0.3, 0.4) is 0 Å². The molecular weight excluding hydrogens is 953 g/mol. The van der Waals surface area contributed by atoms with Crippen LogP contribution in [-0.2, 0) is 19.2 Å². The lowest BCUT2D eigenvalue weighted by Crippen LogP contribution is -2.35. The molecule has 16 nitrogen and oxygen atoms in total. The van der Waals surface area contributed by atoms with Gasteiger partial charge in [-0.1, -0.05) is 0 Å². The number of primary amides is 1. The number of nitrogens with zero attached hydrogens (tertiary/aromatic N) is 2. The van der Waals surface area contributed by atoms with Crippen molar-refractivity contribution in [3.8, 4) is 23.0 Å². The van der Waals surface area contributed by atoms with Crippen molar-refractivity contribution in [1.82, 2.24) is 9.97 Å². The molecule has 372 valence electrons. The molecule has 2 heterocycles. The summed E-state index contributed by atoms with van der Waals surface area (Å²) in [4.78, 5) is 82.9. The van der Waals surface area contributed by atoms with E-state index in [-0.39, 0.29) is 5.56 Å². The van der Waals surface area contributed by atoms with Gasteiger partial charge in [0.2, 0.25) is 29.5 Å². The fourth-order valence-corrected chi connectivity index (χ4v) is 8.13. The van der Waals surface area contributed by atoms with Gasteiger partial charge in [-0.05, 0) is 184 Å². The zero-order valence-corrected chi connectivity index (χ0v) is 39.6. The van der Waals surface area contributed by atoms with E-state index in [1.165, 1.54) is 54.6 Å². The first-order valence-electron chi connectivity index (χ1n) is 23.1. The largest absolute Gasteiger partial charge is 0.478 e. The molecule has 0 aliphatic heterocycles. The molecular formula is C56H45F2N7O9. The Labute approximate surface area is 420 Å². The topological polar surface area (TPSA) is 241 Å². The van der Waals surface area contributed by atoms with Crippen LogP contribution in [0, 0.1) is 36.3 Å². The number of halogens is 2. The maximum Gasteiger partial charge on any atom is 0.336 e. The number of ether oxygens (including phenoxy) is 2. The number of aryl methyl sites for hydroxylation is 2. The number of aromatic carboxylic acids is 1. The Kier molecular flexibility index (Phi) is 13.5. The number of carboxylic acids is 1. The Balaban J connectivity index is 0.000000182. The number of carbonyl (C=O) groups is 6. The number of anilines is 4. The molecule has 2 aromatic heterocycles. The molecule has 18 heteroatoms. The van der Waals surface area contributed by atoms with Gasteiger partial charge in [-0.3, -0.25) is 33.9 Å². The maximum atomic E-state index is 13.1. The monoisotopic (exact) mass is 997 g/mol. The Bertz CT molecular complexity index is 3300. The van der Waals surface area contributed by atoms with Crippen LogP contribution in [0.2, 0.25) is 0 Å². The number of fused-ring (bicyclic) bond motifs is 2. The molecule has 0 saturated heterocycles. The zero-order valence-electron chi connectivity index (χ0n) is 39.6. The van der Waals surface area contributed by atoms with Gasteiger partial charge in [0, 0.05) is 51.5 Å². The molecule has 0 radical (unpaired) electrons. The molecule has 0 spiro atoms. The number of aromatic nitrogens is 2. The summed E-state index contributed by atoms with van der Waals surface area (Å²) in [6.45, 7) is 3.50. The molecule has 0 unspecified atom stereocenters. The highest BCUT2D eigenvalue weighted by Crippen LogP contribution is 2.49. The summed E-state index contributed by atoms with van der Waals surface area (Å²) < 4.78 is 38.3. The van der Waals surface area contributed by atoms with Gasteiger partial charge in [0.1, 0.15) is 45.5 Å². The van der Waals surface area contributed by atoms with Crippen LogP contribution >= 0.6 is 0 Å². The number of hydrogen-bond acceptors (Lipinski definition) is 10. The lowest BCUT2D eigenvalue weighted by molar-refractivity contribution is -0.132. The lowest BCUT2D eigenvalue weighted by atomic mass is 10.0. The van der Waals surface area contributed by atoms with E-state index < -0.39 is 58.0 Å². The first kappa shape index (κ1) is 49.4. The molecule has 5 amide bonds. The van der Waals surface area contributed by atoms with Gasteiger partial charge < -0.3 is 41.6 Å². The molecule has 0 atom stereocenters.